The summed E-state index contributed by atoms with van der Waals surface area (Å²) < 4.78 is 5.08. The zero-order valence-electron chi connectivity index (χ0n) is 11.3. The lowest BCUT2D eigenvalue weighted by atomic mass is 10.1. The van der Waals surface area contributed by atoms with Gasteiger partial charge in [-0.3, -0.25) is 4.79 Å². The highest BCUT2D eigenvalue weighted by atomic mass is 16.5. The van der Waals surface area contributed by atoms with Gasteiger partial charge in [0.1, 0.15) is 5.60 Å². The summed E-state index contributed by atoms with van der Waals surface area (Å²) >= 11 is 0. The number of nitrogens with zero attached hydrogens (tertiary/aromatic N) is 1. The van der Waals surface area contributed by atoms with E-state index in [9.17, 15) is 4.79 Å². The molecule has 19 heavy (non-hydrogen) atoms. The van der Waals surface area contributed by atoms with Crippen molar-refractivity contribution in [3.8, 4) is 0 Å². The minimum absolute atomic E-state index is 0.0328. The van der Waals surface area contributed by atoms with Crippen molar-refractivity contribution in [3.63, 3.8) is 0 Å². The van der Waals surface area contributed by atoms with E-state index in [-0.39, 0.29) is 11.7 Å². The molecule has 0 atom stereocenters. The lowest BCUT2D eigenvalue weighted by molar-refractivity contribution is -0.139. The van der Waals surface area contributed by atoms with Crippen LogP contribution in [0.5, 0.6) is 0 Å². The zero-order chi connectivity index (χ0) is 14.5. The van der Waals surface area contributed by atoms with E-state index in [1.54, 1.807) is 32.0 Å². The molecule has 104 valence electrons. The molecule has 6 nitrogen and oxygen atoms in total. The maximum absolute atomic E-state index is 11.8. The second-order valence-electron chi connectivity index (χ2n) is 4.58. The molecule has 0 aromatic heterocycles. The maximum atomic E-state index is 11.8. The molecule has 0 aliphatic carbocycles. The number of hydrogen-bond acceptors (Lipinski definition) is 4. The molecule has 0 radical (unpaired) electrons. The number of nitrogens with one attached hydrogen (secondary N) is 1. The first kappa shape index (κ1) is 15.0. The first-order valence-corrected chi connectivity index (χ1v) is 5.81. The predicted molar refractivity (Wildman–Crippen MR) is 71.9 cm³/mol. The van der Waals surface area contributed by atoms with Gasteiger partial charge in [0.2, 0.25) is 0 Å². The Hall–Kier alpha value is -2.08. The van der Waals surface area contributed by atoms with E-state index in [0.29, 0.717) is 12.1 Å². The molecule has 0 aliphatic rings. The third-order valence-electron chi connectivity index (χ3n) is 2.84. The molecule has 6 heteroatoms. The predicted octanol–water partition coefficient (Wildman–Crippen LogP) is 0.822. The van der Waals surface area contributed by atoms with Crippen LogP contribution in [0.25, 0.3) is 0 Å². The Morgan fingerprint density at radius 3 is 2.79 bits per heavy atom. The fraction of sp³-hybridized carbons (Fsp3) is 0.385. The topological polar surface area (TPSA) is 96.9 Å². The van der Waals surface area contributed by atoms with Crippen LogP contribution >= 0.6 is 0 Å². The quantitative estimate of drug-likeness (QED) is 0.318. The largest absolute Gasteiger partial charge is 0.409 e. The summed E-state index contributed by atoms with van der Waals surface area (Å²) in [5, 5.41) is 14.3. The lowest BCUT2D eigenvalue weighted by Gasteiger charge is -2.21. The molecule has 4 N–H and O–H groups in total. The van der Waals surface area contributed by atoms with Crippen LogP contribution in [0.1, 0.15) is 25.0 Å². The molecular weight excluding hydrogens is 246 g/mol. The third-order valence-corrected chi connectivity index (χ3v) is 2.84. The monoisotopic (exact) mass is 265 g/mol. The summed E-state index contributed by atoms with van der Waals surface area (Å²) in [4.78, 5) is 11.8. The minimum atomic E-state index is -0.872. The highest BCUT2D eigenvalue weighted by Gasteiger charge is 2.26. The molecular formula is C13H19N3O3. The summed E-state index contributed by atoms with van der Waals surface area (Å²) in [6.45, 7) is 3.72. The number of rotatable bonds is 5. The number of ether oxygens (including phenoxy) is 1. The van der Waals surface area contributed by atoms with Crippen LogP contribution in [-0.4, -0.2) is 29.7 Å². The summed E-state index contributed by atoms with van der Waals surface area (Å²) in [6.07, 6.45) is 0. The van der Waals surface area contributed by atoms with E-state index in [1.807, 2.05) is 6.07 Å². The SMILES string of the molecule is COC(C)(C)C(=O)NCc1cccc(/C(N)=N/O)c1. The molecule has 0 bridgehead atoms. The molecule has 1 aromatic rings. The molecule has 0 saturated carbocycles. The number of amidine groups is 1. The summed E-state index contributed by atoms with van der Waals surface area (Å²) in [7, 11) is 1.48. The number of carbonyl (C=O) groups excluding carboxylic acids is 1. The Kier molecular flexibility index (Phi) is 4.88. The van der Waals surface area contributed by atoms with Crippen molar-refractivity contribution >= 4 is 11.7 Å². The first-order chi connectivity index (χ1) is 8.90. The second-order valence-corrected chi connectivity index (χ2v) is 4.58. The Labute approximate surface area is 112 Å². The van der Waals surface area contributed by atoms with Crippen LogP contribution in [0.15, 0.2) is 29.4 Å². The van der Waals surface area contributed by atoms with E-state index < -0.39 is 5.60 Å². The maximum Gasteiger partial charge on any atom is 0.251 e. The lowest BCUT2D eigenvalue weighted by Crippen LogP contribution is -2.43. The summed E-state index contributed by atoms with van der Waals surface area (Å²) in [5.41, 5.74) is 6.08. The molecule has 0 spiro atoms. The van der Waals surface area contributed by atoms with Gasteiger partial charge >= 0.3 is 0 Å². The minimum Gasteiger partial charge on any atom is -0.409 e. The molecule has 1 rings (SSSR count). The van der Waals surface area contributed by atoms with E-state index in [4.69, 9.17) is 15.7 Å². The van der Waals surface area contributed by atoms with Crippen molar-refractivity contribution in [2.75, 3.05) is 7.11 Å². The molecule has 0 unspecified atom stereocenters. The Balaban J connectivity index is 2.72. The van der Waals surface area contributed by atoms with E-state index in [1.165, 1.54) is 7.11 Å². The summed E-state index contributed by atoms with van der Waals surface area (Å²) in [5.74, 6) is -0.172. The Morgan fingerprint density at radius 2 is 2.21 bits per heavy atom. The highest BCUT2D eigenvalue weighted by Crippen LogP contribution is 2.09. The van der Waals surface area contributed by atoms with Crippen LogP contribution < -0.4 is 11.1 Å². The molecule has 1 aromatic carbocycles. The van der Waals surface area contributed by atoms with Crippen LogP contribution in [0.4, 0.5) is 0 Å². The average Bonchev–Trinajstić information content (AvgIpc) is 2.43. The van der Waals surface area contributed by atoms with Crippen molar-refractivity contribution < 1.29 is 14.7 Å². The van der Waals surface area contributed by atoms with Crippen LogP contribution in [0.3, 0.4) is 0 Å². The number of amides is 1. The van der Waals surface area contributed by atoms with E-state index in [0.717, 1.165) is 5.56 Å². The van der Waals surface area contributed by atoms with Gasteiger partial charge < -0.3 is 21.0 Å². The van der Waals surface area contributed by atoms with Gasteiger partial charge in [-0.1, -0.05) is 23.4 Å². The molecule has 0 aliphatic heterocycles. The molecule has 0 heterocycles. The zero-order valence-corrected chi connectivity index (χ0v) is 11.3. The van der Waals surface area contributed by atoms with Gasteiger partial charge in [0.25, 0.3) is 5.91 Å². The number of carbonyl (C=O) groups is 1. The fourth-order valence-electron chi connectivity index (χ4n) is 1.39. The van der Waals surface area contributed by atoms with Gasteiger partial charge in [0, 0.05) is 19.2 Å². The number of nitrogens with two attached hydrogens (primary N) is 1. The van der Waals surface area contributed by atoms with E-state index in [2.05, 4.69) is 10.5 Å². The van der Waals surface area contributed by atoms with Crippen LogP contribution in [0, 0.1) is 0 Å². The first-order valence-electron chi connectivity index (χ1n) is 5.81. The molecule has 1 amide bonds. The molecule has 0 fully saturated rings. The van der Waals surface area contributed by atoms with Crippen LogP contribution in [0.2, 0.25) is 0 Å². The Bertz CT molecular complexity index is 484. The summed E-state index contributed by atoms with van der Waals surface area (Å²) in [6, 6.07) is 7.08. The Morgan fingerprint density at radius 1 is 1.53 bits per heavy atom. The van der Waals surface area contributed by atoms with Gasteiger partial charge in [-0.2, -0.15) is 0 Å². The van der Waals surface area contributed by atoms with E-state index >= 15 is 0 Å². The van der Waals surface area contributed by atoms with Gasteiger partial charge in [-0.15, -0.1) is 0 Å². The molecule has 0 saturated heterocycles. The van der Waals surface area contributed by atoms with Crippen molar-refractivity contribution in [1.82, 2.24) is 5.32 Å². The standard InChI is InChI=1S/C13H19N3O3/c1-13(2,19-3)12(17)15-8-9-5-4-6-10(7-9)11(14)16-18/h4-7,18H,8H2,1-3H3,(H2,14,16)(H,15,17). The van der Waals surface area contributed by atoms with Gasteiger partial charge in [0.15, 0.2) is 5.84 Å². The van der Waals surface area contributed by atoms with Crippen molar-refractivity contribution in [3.05, 3.63) is 35.4 Å². The number of hydrogen-bond donors (Lipinski definition) is 3. The normalized spacial score (nSPS) is 12.3. The third kappa shape index (κ3) is 3.96. The van der Waals surface area contributed by atoms with Crippen molar-refractivity contribution in [2.45, 2.75) is 26.0 Å². The van der Waals surface area contributed by atoms with Gasteiger partial charge in [-0.25, -0.2) is 0 Å². The smallest absolute Gasteiger partial charge is 0.251 e. The average molecular weight is 265 g/mol. The van der Waals surface area contributed by atoms with Crippen molar-refractivity contribution in [1.29, 1.82) is 0 Å². The number of methoxy groups -OCH3 is 1. The van der Waals surface area contributed by atoms with Gasteiger partial charge in [0.05, 0.1) is 0 Å². The highest BCUT2D eigenvalue weighted by molar-refractivity contribution is 5.97. The van der Waals surface area contributed by atoms with Gasteiger partial charge in [-0.05, 0) is 25.5 Å². The number of oxime groups is 1. The van der Waals surface area contributed by atoms with Crippen molar-refractivity contribution in [2.24, 2.45) is 10.9 Å². The van der Waals surface area contributed by atoms with Crippen LogP contribution in [-0.2, 0) is 16.1 Å². The fourth-order valence-corrected chi connectivity index (χ4v) is 1.39. The second kappa shape index (κ2) is 6.19. The number of benzene rings is 1.